The Morgan fingerprint density at radius 1 is 1.12 bits per heavy atom. The minimum absolute atomic E-state index is 0.00414. The molecule has 8 nitrogen and oxygen atoms in total. The lowest BCUT2D eigenvalue weighted by molar-refractivity contribution is -0.127. The van der Waals surface area contributed by atoms with Gasteiger partial charge in [0.15, 0.2) is 5.96 Å². The number of hydrogen-bond donors (Lipinski definition) is 1. The highest BCUT2D eigenvalue weighted by Crippen LogP contribution is 2.15. The molecule has 0 aromatic heterocycles. The number of para-hydroxylation sites is 1. The van der Waals surface area contributed by atoms with E-state index < -0.39 is 0 Å². The van der Waals surface area contributed by atoms with Crippen molar-refractivity contribution in [1.29, 1.82) is 0 Å². The SMILES string of the molecule is COCCCOC1CCN(C(=NCC(=O)N(C)C)NCCCN(C)c2ccccc2)CC1. The second-order valence-electron chi connectivity index (χ2n) is 8.37. The predicted octanol–water partition coefficient (Wildman–Crippen LogP) is 2.06. The summed E-state index contributed by atoms with van der Waals surface area (Å²) >= 11 is 0. The van der Waals surface area contributed by atoms with Crippen LogP contribution in [0.25, 0.3) is 0 Å². The van der Waals surface area contributed by atoms with Crippen molar-refractivity contribution in [2.45, 2.75) is 31.8 Å². The van der Waals surface area contributed by atoms with Gasteiger partial charge in [-0.3, -0.25) is 4.79 Å². The van der Waals surface area contributed by atoms with Gasteiger partial charge in [0.1, 0.15) is 6.54 Å². The van der Waals surface area contributed by atoms with Crippen LogP contribution in [0.15, 0.2) is 35.3 Å². The Labute approximate surface area is 193 Å². The number of benzene rings is 1. The molecular weight excluding hydrogens is 406 g/mol. The molecule has 2 rings (SSSR count). The first-order valence-electron chi connectivity index (χ1n) is 11.6. The summed E-state index contributed by atoms with van der Waals surface area (Å²) in [6, 6.07) is 10.4. The topological polar surface area (TPSA) is 69.6 Å². The van der Waals surface area contributed by atoms with Gasteiger partial charge in [-0.2, -0.15) is 0 Å². The molecule has 32 heavy (non-hydrogen) atoms. The second kappa shape index (κ2) is 14.7. The van der Waals surface area contributed by atoms with Crippen LogP contribution in [-0.2, 0) is 14.3 Å². The normalized spacial score (nSPS) is 15.0. The highest BCUT2D eigenvalue weighted by atomic mass is 16.5. The van der Waals surface area contributed by atoms with Crippen molar-refractivity contribution < 1.29 is 14.3 Å². The van der Waals surface area contributed by atoms with Crippen LogP contribution in [0.3, 0.4) is 0 Å². The predicted molar refractivity (Wildman–Crippen MR) is 130 cm³/mol. The summed E-state index contributed by atoms with van der Waals surface area (Å²) in [6.07, 6.45) is 4.12. The van der Waals surface area contributed by atoms with Gasteiger partial charge in [-0.1, -0.05) is 18.2 Å². The summed E-state index contributed by atoms with van der Waals surface area (Å²) in [7, 11) is 7.35. The van der Waals surface area contributed by atoms with Crippen molar-refractivity contribution in [2.24, 2.45) is 4.99 Å². The van der Waals surface area contributed by atoms with Crippen molar-refractivity contribution in [1.82, 2.24) is 15.1 Å². The molecule has 180 valence electrons. The first-order chi connectivity index (χ1) is 15.5. The van der Waals surface area contributed by atoms with Crippen molar-refractivity contribution in [3.05, 3.63) is 30.3 Å². The summed E-state index contributed by atoms with van der Waals surface area (Å²) < 4.78 is 11.1. The molecule has 1 aliphatic heterocycles. The van der Waals surface area contributed by atoms with Gasteiger partial charge in [-0.15, -0.1) is 0 Å². The molecule has 1 saturated heterocycles. The van der Waals surface area contributed by atoms with E-state index in [1.54, 1.807) is 26.1 Å². The number of amides is 1. The lowest BCUT2D eigenvalue weighted by Gasteiger charge is -2.34. The van der Waals surface area contributed by atoms with Crippen LogP contribution >= 0.6 is 0 Å². The standard InChI is InChI=1S/C24H41N5O3/c1-27(2)23(30)20-26-24(25-14-8-15-28(3)21-10-6-5-7-11-21)29-16-12-22(13-17-29)32-19-9-18-31-4/h5-7,10-11,22H,8-9,12-20H2,1-4H3,(H,25,26). The average molecular weight is 448 g/mol. The fraction of sp³-hybridized carbons (Fsp3) is 0.667. The summed E-state index contributed by atoms with van der Waals surface area (Å²) in [5.74, 6) is 0.824. The van der Waals surface area contributed by atoms with Crippen molar-refractivity contribution in [3.63, 3.8) is 0 Å². The number of nitrogens with one attached hydrogen (secondary N) is 1. The van der Waals surface area contributed by atoms with E-state index in [2.05, 4.69) is 51.4 Å². The van der Waals surface area contributed by atoms with Crippen LogP contribution in [0.1, 0.15) is 25.7 Å². The Morgan fingerprint density at radius 2 is 1.84 bits per heavy atom. The number of hydrogen-bond acceptors (Lipinski definition) is 5. The van der Waals surface area contributed by atoms with Crippen LogP contribution in [0.4, 0.5) is 5.69 Å². The zero-order valence-electron chi connectivity index (χ0n) is 20.3. The second-order valence-corrected chi connectivity index (χ2v) is 8.37. The van der Waals surface area contributed by atoms with E-state index in [1.165, 1.54) is 5.69 Å². The van der Waals surface area contributed by atoms with E-state index in [9.17, 15) is 4.79 Å². The zero-order valence-corrected chi connectivity index (χ0v) is 20.3. The number of carbonyl (C=O) groups is 1. The van der Waals surface area contributed by atoms with Gasteiger partial charge in [-0.25, -0.2) is 4.99 Å². The molecule has 0 unspecified atom stereocenters. The van der Waals surface area contributed by atoms with Gasteiger partial charge >= 0.3 is 0 Å². The van der Waals surface area contributed by atoms with Gasteiger partial charge in [0.25, 0.3) is 0 Å². The molecule has 1 fully saturated rings. The first-order valence-corrected chi connectivity index (χ1v) is 11.6. The number of aliphatic imine (C=N–C) groups is 1. The molecule has 8 heteroatoms. The largest absolute Gasteiger partial charge is 0.385 e. The van der Waals surface area contributed by atoms with Gasteiger partial charge in [-0.05, 0) is 37.8 Å². The van der Waals surface area contributed by atoms with E-state index in [1.807, 2.05) is 6.07 Å². The van der Waals surface area contributed by atoms with Gasteiger partial charge < -0.3 is 29.5 Å². The molecular formula is C24H41N5O3. The van der Waals surface area contributed by atoms with Gasteiger partial charge in [0.2, 0.25) is 5.91 Å². The molecule has 0 atom stereocenters. The molecule has 1 aromatic carbocycles. The van der Waals surface area contributed by atoms with E-state index in [0.717, 1.165) is 71.0 Å². The molecule has 0 radical (unpaired) electrons. The average Bonchev–Trinajstić information content (AvgIpc) is 2.82. The van der Waals surface area contributed by atoms with E-state index in [4.69, 9.17) is 9.47 Å². The molecule has 1 amide bonds. The van der Waals surface area contributed by atoms with Crippen LogP contribution in [0, 0.1) is 0 Å². The molecule has 0 bridgehead atoms. The fourth-order valence-corrected chi connectivity index (χ4v) is 3.57. The van der Waals surface area contributed by atoms with Gasteiger partial charge in [0, 0.05) is 73.3 Å². The van der Waals surface area contributed by atoms with E-state index >= 15 is 0 Å². The molecule has 1 aliphatic rings. The lowest BCUT2D eigenvalue weighted by atomic mass is 10.1. The van der Waals surface area contributed by atoms with Crippen molar-refractivity contribution >= 4 is 17.6 Å². The highest BCUT2D eigenvalue weighted by Gasteiger charge is 2.22. The third-order valence-electron chi connectivity index (χ3n) is 5.60. The minimum atomic E-state index is 0.00414. The number of likely N-dealkylation sites (N-methyl/N-ethyl adjacent to an activating group) is 1. The molecule has 1 heterocycles. The smallest absolute Gasteiger partial charge is 0.243 e. The number of anilines is 1. The maximum absolute atomic E-state index is 12.1. The number of methoxy groups -OCH3 is 1. The maximum atomic E-state index is 12.1. The van der Waals surface area contributed by atoms with Crippen molar-refractivity contribution in [2.75, 3.05) is 79.1 Å². The Hall–Kier alpha value is -2.32. The quantitative estimate of drug-likeness (QED) is 0.301. The Kier molecular flexibility index (Phi) is 11.9. The summed E-state index contributed by atoms with van der Waals surface area (Å²) in [4.78, 5) is 22.8. The van der Waals surface area contributed by atoms with Crippen LogP contribution in [-0.4, -0.2) is 102 Å². The van der Waals surface area contributed by atoms with Gasteiger partial charge in [0.05, 0.1) is 6.10 Å². The summed E-state index contributed by atoms with van der Waals surface area (Å²) in [5.41, 5.74) is 1.21. The summed E-state index contributed by atoms with van der Waals surface area (Å²) in [6.45, 7) is 5.13. The Morgan fingerprint density at radius 3 is 2.50 bits per heavy atom. The van der Waals surface area contributed by atoms with Crippen LogP contribution in [0.5, 0.6) is 0 Å². The monoisotopic (exact) mass is 447 g/mol. The molecule has 1 aromatic rings. The maximum Gasteiger partial charge on any atom is 0.243 e. The fourth-order valence-electron chi connectivity index (χ4n) is 3.57. The number of ether oxygens (including phenoxy) is 2. The summed E-state index contributed by atoms with van der Waals surface area (Å²) in [5, 5.41) is 3.49. The molecule has 0 spiro atoms. The third kappa shape index (κ3) is 9.44. The highest BCUT2D eigenvalue weighted by molar-refractivity contribution is 5.84. The van der Waals surface area contributed by atoms with E-state index in [0.29, 0.717) is 0 Å². The molecule has 1 N–H and O–H groups in total. The molecule has 0 saturated carbocycles. The van der Waals surface area contributed by atoms with E-state index in [-0.39, 0.29) is 18.6 Å². The lowest BCUT2D eigenvalue weighted by Crippen LogP contribution is -2.48. The first kappa shape index (κ1) is 25.9. The molecule has 0 aliphatic carbocycles. The number of nitrogens with zero attached hydrogens (tertiary/aromatic N) is 4. The van der Waals surface area contributed by atoms with Crippen LogP contribution < -0.4 is 10.2 Å². The number of likely N-dealkylation sites (tertiary alicyclic amines) is 1. The minimum Gasteiger partial charge on any atom is -0.385 e. The number of guanidine groups is 1. The number of rotatable bonds is 12. The number of carbonyl (C=O) groups excluding carboxylic acids is 1. The zero-order chi connectivity index (χ0) is 23.2. The third-order valence-corrected chi connectivity index (χ3v) is 5.60. The number of piperidine rings is 1. The Balaban J connectivity index is 1.82. The Bertz CT molecular complexity index is 675. The van der Waals surface area contributed by atoms with Crippen molar-refractivity contribution in [3.8, 4) is 0 Å². The van der Waals surface area contributed by atoms with Crippen LogP contribution in [0.2, 0.25) is 0 Å².